The van der Waals surface area contributed by atoms with Crippen molar-refractivity contribution < 1.29 is 24.1 Å². The maximum absolute atomic E-state index is 12.4. The number of carbonyl (C=O) groups is 1. The fourth-order valence-corrected chi connectivity index (χ4v) is 5.07. The lowest BCUT2D eigenvalue weighted by atomic mass is 9.91. The Hall–Kier alpha value is -2.75. The first-order chi connectivity index (χ1) is 20.1. The van der Waals surface area contributed by atoms with Crippen molar-refractivity contribution in [3.8, 4) is 0 Å². The van der Waals surface area contributed by atoms with Crippen molar-refractivity contribution in [1.29, 1.82) is 0 Å². The molecular weight excluding hydrogens is 522 g/mol. The number of unbranched alkanes of at least 4 members (excludes halogenated alkanes) is 4. The molecule has 0 radical (unpaired) electrons. The topological polar surface area (TPSA) is 112 Å². The number of aromatic nitrogens is 2. The summed E-state index contributed by atoms with van der Waals surface area (Å²) in [6.07, 6.45) is 12.2. The average molecular weight is 572 g/mol. The lowest BCUT2D eigenvalue weighted by molar-refractivity contribution is -0.137. The molecule has 0 amide bonds. The molecule has 1 aliphatic rings. The highest BCUT2D eigenvalue weighted by Crippen LogP contribution is 2.26. The third-order valence-corrected chi connectivity index (χ3v) is 7.45. The number of carboxylic acid groups (broad SMARTS) is 1. The Bertz CT molecular complexity index is 1090. The molecule has 0 saturated heterocycles. The smallest absolute Gasteiger partial charge is 0.303 e. The summed E-state index contributed by atoms with van der Waals surface area (Å²) in [5.74, 6) is 0.103. The second-order valence-corrected chi connectivity index (χ2v) is 10.8. The van der Waals surface area contributed by atoms with Gasteiger partial charge in [-0.2, -0.15) is 0 Å². The van der Waals surface area contributed by atoms with E-state index in [1.807, 2.05) is 0 Å². The van der Waals surface area contributed by atoms with Gasteiger partial charge in [-0.3, -0.25) is 9.59 Å². The molecule has 3 heterocycles. The second-order valence-electron chi connectivity index (χ2n) is 10.8. The van der Waals surface area contributed by atoms with Crippen LogP contribution in [0.5, 0.6) is 0 Å². The van der Waals surface area contributed by atoms with E-state index in [1.54, 1.807) is 16.8 Å². The highest BCUT2D eigenvalue weighted by molar-refractivity contribution is 5.68. The number of aryl methyl sites for hydroxylation is 2. The van der Waals surface area contributed by atoms with Gasteiger partial charge in [0, 0.05) is 37.7 Å². The molecule has 9 heteroatoms. The zero-order valence-corrected chi connectivity index (χ0v) is 24.8. The Labute approximate surface area is 244 Å². The zero-order valence-electron chi connectivity index (χ0n) is 24.8. The van der Waals surface area contributed by atoms with Gasteiger partial charge in [-0.1, -0.05) is 44.7 Å². The standard InChI is InChI=1S/C32H49N3O6/c1-2-3-18-39-20-22-41-23-21-40-19-17-35-25-28(13-15-30(35)36)27(24-31(37)38)9-6-4-5-7-11-29-14-12-26-10-8-16-33-32(26)34-29/h12-15,25,27H,2-11,16-24H2,1H3,(H,33,34)(H,37,38)/t27-/m0/s1. The first-order valence-corrected chi connectivity index (χ1v) is 15.4. The van der Waals surface area contributed by atoms with Gasteiger partial charge < -0.3 is 29.2 Å². The van der Waals surface area contributed by atoms with Gasteiger partial charge in [-0.05, 0) is 61.6 Å². The first-order valence-electron chi connectivity index (χ1n) is 15.4. The van der Waals surface area contributed by atoms with Crippen LogP contribution in [0.15, 0.2) is 35.3 Å². The monoisotopic (exact) mass is 571 g/mol. The minimum absolute atomic E-state index is 0.0558. The molecule has 0 unspecified atom stereocenters. The Kier molecular flexibility index (Phi) is 15.5. The Morgan fingerprint density at radius 1 is 0.976 bits per heavy atom. The van der Waals surface area contributed by atoms with Crippen LogP contribution >= 0.6 is 0 Å². The molecule has 1 aliphatic heterocycles. The highest BCUT2D eigenvalue weighted by atomic mass is 16.5. The molecule has 0 aromatic carbocycles. The van der Waals surface area contributed by atoms with Crippen LogP contribution in [-0.4, -0.2) is 66.8 Å². The van der Waals surface area contributed by atoms with Crippen LogP contribution in [0.25, 0.3) is 0 Å². The summed E-state index contributed by atoms with van der Waals surface area (Å²) in [5.41, 5.74) is 3.22. The Morgan fingerprint density at radius 2 is 1.73 bits per heavy atom. The van der Waals surface area contributed by atoms with Crippen molar-refractivity contribution in [3.63, 3.8) is 0 Å². The van der Waals surface area contributed by atoms with Crippen LogP contribution < -0.4 is 10.9 Å². The van der Waals surface area contributed by atoms with Crippen molar-refractivity contribution in [1.82, 2.24) is 9.55 Å². The summed E-state index contributed by atoms with van der Waals surface area (Å²) >= 11 is 0. The first kappa shape index (κ1) is 32.8. The summed E-state index contributed by atoms with van der Waals surface area (Å²) < 4.78 is 18.2. The van der Waals surface area contributed by atoms with E-state index in [0.29, 0.717) is 39.6 Å². The lowest BCUT2D eigenvalue weighted by Gasteiger charge is -2.18. The van der Waals surface area contributed by atoms with Gasteiger partial charge in [0.1, 0.15) is 5.82 Å². The third kappa shape index (κ3) is 12.8. The minimum atomic E-state index is -0.820. The van der Waals surface area contributed by atoms with Crippen LogP contribution in [0.2, 0.25) is 0 Å². The quantitative estimate of drug-likeness (QED) is 0.186. The van der Waals surface area contributed by atoms with Gasteiger partial charge >= 0.3 is 5.97 Å². The number of nitrogens with one attached hydrogen (secondary N) is 1. The molecule has 2 aromatic heterocycles. The van der Waals surface area contributed by atoms with E-state index >= 15 is 0 Å². The summed E-state index contributed by atoms with van der Waals surface area (Å²) in [4.78, 5) is 28.8. The highest BCUT2D eigenvalue weighted by Gasteiger charge is 2.17. The summed E-state index contributed by atoms with van der Waals surface area (Å²) in [6.45, 7) is 6.76. The fraction of sp³-hybridized carbons (Fsp3) is 0.656. The van der Waals surface area contributed by atoms with Crippen molar-refractivity contribution in [3.05, 3.63) is 57.6 Å². The molecule has 1 atom stereocenters. The molecule has 2 N–H and O–H groups in total. The molecule has 228 valence electrons. The molecule has 0 bridgehead atoms. The third-order valence-electron chi connectivity index (χ3n) is 7.45. The normalized spacial score (nSPS) is 13.5. The largest absolute Gasteiger partial charge is 0.481 e. The molecule has 2 aromatic rings. The number of aliphatic carboxylic acids is 1. The van der Waals surface area contributed by atoms with Gasteiger partial charge in [0.05, 0.1) is 39.5 Å². The van der Waals surface area contributed by atoms with Crippen LogP contribution in [0.1, 0.15) is 87.4 Å². The number of anilines is 1. The molecule has 0 spiro atoms. The van der Waals surface area contributed by atoms with Crippen LogP contribution in [0.4, 0.5) is 5.82 Å². The van der Waals surface area contributed by atoms with E-state index < -0.39 is 5.97 Å². The van der Waals surface area contributed by atoms with Gasteiger partial charge in [0.25, 0.3) is 5.56 Å². The Morgan fingerprint density at radius 3 is 2.51 bits per heavy atom. The van der Waals surface area contributed by atoms with E-state index in [9.17, 15) is 14.7 Å². The predicted molar refractivity (Wildman–Crippen MR) is 161 cm³/mol. The SMILES string of the molecule is CCCCOCCOCCOCCn1cc([C@@H](CCCCCCc2ccc3c(n2)NCCC3)CC(=O)O)ccc1=O. The Balaban J connectivity index is 1.36. The maximum Gasteiger partial charge on any atom is 0.303 e. The van der Waals surface area contributed by atoms with E-state index in [2.05, 4.69) is 24.4 Å². The van der Waals surface area contributed by atoms with E-state index in [4.69, 9.17) is 19.2 Å². The van der Waals surface area contributed by atoms with Crippen LogP contribution in [0, 0.1) is 0 Å². The number of fused-ring (bicyclic) bond motifs is 1. The number of hydrogen-bond acceptors (Lipinski definition) is 7. The van der Waals surface area contributed by atoms with Gasteiger partial charge in [-0.15, -0.1) is 0 Å². The van der Waals surface area contributed by atoms with Crippen molar-refractivity contribution >= 4 is 11.8 Å². The fourth-order valence-electron chi connectivity index (χ4n) is 5.07. The predicted octanol–water partition coefficient (Wildman–Crippen LogP) is 5.20. The number of pyridine rings is 2. The molecule has 0 saturated carbocycles. The minimum Gasteiger partial charge on any atom is -0.481 e. The zero-order chi connectivity index (χ0) is 29.1. The van der Waals surface area contributed by atoms with Gasteiger partial charge in [0.15, 0.2) is 0 Å². The molecule has 9 nitrogen and oxygen atoms in total. The number of carboxylic acids is 1. The second kappa shape index (κ2) is 19.4. The lowest BCUT2D eigenvalue weighted by Crippen LogP contribution is -2.23. The molecule has 0 fully saturated rings. The van der Waals surface area contributed by atoms with E-state index in [-0.39, 0.29) is 17.9 Å². The van der Waals surface area contributed by atoms with Crippen LogP contribution in [-0.2, 0) is 38.4 Å². The summed E-state index contributed by atoms with van der Waals surface area (Å²) in [7, 11) is 0. The summed E-state index contributed by atoms with van der Waals surface area (Å²) in [6, 6.07) is 7.66. The van der Waals surface area contributed by atoms with Gasteiger partial charge in [0.2, 0.25) is 0 Å². The number of rotatable bonds is 22. The van der Waals surface area contributed by atoms with E-state index in [1.165, 1.54) is 18.1 Å². The number of nitrogens with zero attached hydrogens (tertiary/aromatic N) is 2. The molecule has 3 rings (SSSR count). The van der Waals surface area contributed by atoms with Crippen LogP contribution in [0.3, 0.4) is 0 Å². The maximum atomic E-state index is 12.4. The van der Waals surface area contributed by atoms with Gasteiger partial charge in [-0.25, -0.2) is 4.98 Å². The molecule has 41 heavy (non-hydrogen) atoms. The average Bonchev–Trinajstić information content (AvgIpc) is 2.97. The van der Waals surface area contributed by atoms with Crippen molar-refractivity contribution in [2.45, 2.75) is 90.0 Å². The van der Waals surface area contributed by atoms with Crippen molar-refractivity contribution in [2.24, 2.45) is 0 Å². The van der Waals surface area contributed by atoms with Crippen molar-refractivity contribution in [2.75, 3.05) is 51.5 Å². The number of ether oxygens (including phenoxy) is 3. The summed E-state index contributed by atoms with van der Waals surface area (Å²) in [5, 5.41) is 12.9. The molecular formula is C32H49N3O6. The molecule has 0 aliphatic carbocycles. The number of hydrogen-bond donors (Lipinski definition) is 2. The van der Waals surface area contributed by atoms with E-state index in [0.717, 1.165) is 88.0 Å².